The Morgan fingerprint density at radius 1 is 1.21 bits per heavy atom. The lowest BCUT2D eigenvalue weighted by molar-refractivity contribution is -0.130. The smallest absolute Gasteiger partial charge is 0.244 e. The molecule has 5 nitrogen and oxygen atoms in total. The molecule has 0 saturated carbocycles. The van der Waals surface area contributed by atoms with Crippen molar-refractivity contribution in [2.45, 2.75) is 39.7 Å². The number of nitrogens with one attached hydrogen (secondary N) is 2. The Balaban J connectivity index is 0.00000288. The predicted molar refractivity (Wildman–Crippen MR) is 110 cm³/mol. The minimum Gasteiger partial charge on any atom is -0.357 e. The lowest BCUT2D eigenvalue weighted by Crippen LogP contribution is -2.40. The molecule has 0 aromatic heterocycles. The third-order valence-electron chi connectivity index (χ3n) is 4.02. The second-order valence-electron chi connectivity index (χ2n) is 5.81. The second kappa shape index (κ2) is 11.3. The van der Waals surface area contributed by atoms with Crippen molar-refractivity contribution in [2.24, 2.45) is 4.99 Å². The monoisotopic (exact) mass is 444 g/mol. The fraction of sp³-hybridized carbons (Fsp3) is 0.556. The minimum absolute atomic E-state index is 0. The van der Waals surface area contributed by atoms with Crippen LogP contribution in [0, 0.1) is 0 Å². The SMILES string of the molecule is CCCCNC(=NCC(=O)N1CCc2ccccc2C1)NCC.I. The minimum atomic E-state index is 0. The molecule has 1 aromatic carbocycles. The first-order valence-corrected chi connectivity index (χ1v) is 8.61. The van der Waals surface area contributed by atoms with Crippen LogP contribution in [0.5, 0.6) is 0 Å². The molecule has 2 N–H and O–H groups in total. The average Bonchev–Trinajstić information content (AvgIpc) is 2.59. The maximum absolute atomic E-state index is 12.4. The van der Waals surface area contributed by atoms with Crippen LogP contribution in [-0.4, -0.2) is 42.9 Å². The highest BCUT2D eigenvalue weighted by Gasteiger charge is 2.19. The van der Waals surface area contributed by atoms with E-state index < -0.39 is 0 Å². The topological polar surface area (TPSA) is 56.7 Å². The molecule has 1 aliphatic heterocycles. The Hall–Kier alpha value is -1.31. The van der Waals surface area contributed by atoms with Crippen LogP contribution in [0.2, 0.25) is 0 Å². The van der Waals surface area contributed by atoms with Gasteiger partial charge in [-0.1, -0.05) is 37.6 Å². The van der Waals surface area contributed by atoms with Gasteiger partial charge in [0.2, 0.25) is 5.91 Å². The van der Waals surface area contributed by atoms with Crippen LogP contribution in [0.4, 0.5) is 0 Å². The first-order chi connectivity index (χ1) is 11.2. The summed E-state index contributed by atoms with van der Waals surface area (Å²) in [6.45, 7) is 7.54. The lowest BCUT2D eigenvalue weighted by atomic mass is 10.00. The number of aliphatic imine (C=N–C) groups is 1. The molecule has 0 aliphatic carbocycles. The highest BCUT2D eigenvalue weighted by Crippen LogP contribution is 2.18. The Morgan fingerprint density at radius 2 is 1.96 bits per heavy atom. The van der Waals surface area contributed by atoms with Crippen LogP contribution in [0.25, 0.3) is 0 Å². The van der Waals surface area contributed by atoms with Crippen molar-refractivity contribution in [3.63, 3.8) is 0 Å². The van der Waals surface area contributed by atoms with E-state index >= 15 is 0 Å². The van der Waals surface area contributed by atoms with Gasteiger partial charge in [0.15, 0.2) is 5.96 Å². The Bertz CT molecular complexity index is 548. The largest absolute Gasteiger partial charge is 0.357 e. The van der Waals surface area contributed by atoms with Crippen LogP contribution < -0.4 is 10.6 Å². The van der Waals surface area contributed by atoms with E-state index in [0.717, 1.165) is 44.9 Å². The van der Waals surface area contributed by atoms with Crippen molar-refractivity contribution in [1.82, 2.24) is 15.5 Å². The summed E-state index contributed by atoms with van der Waals surface area (Å²) in [4.78, 5) is 18.7. The molecular formula is C18H29IN4O. The summed E-state index contributed by atoms with van der Waals surface area (Å²) in [5, 5.41) is 6.45. The molecule has 6 heteroatoms. The van der Waals surface area contributed by atoms with Gasteiger partial charge in [-0.05, 0) is 30.9 Å². The van der Waals surface area contributed by atoms with Gasteiger partial charge in [0.05, 0.1) is 0 Å². The molecule has 0 atom stereocenters. The second-order valence-corrected chi connectivity index (χ2v) is 5.81. The Kier molecular flexibility index (Phi) is 9.75. The molecular weight excluding hydrogens is 415 g/mol. The average molecular weight is 444 g/mol. The Labute approximate surface area is 162 Å². The number of nitrogens with zero attached hydrogens (tertiary/aromatic N) is 2. The van der Waals surface area contributed by atoms with Gasteiger partial charge in [-0.15, -0.1) is 24.0 Å². The summed E-state index contributed by atoms with van der Waals surface area (Å²) in [6, 6.07) is 8.35. The molecule has 1 aromatic rings. The normalized spacial score (nSPS) is 13.8. The summed E-state index contributed by atoms with van der Waals surface area (Å²) in [7, 11) is 0. The van der Waals surface area contributed by atoms with E-state index in [1.54, 1.807) is 0 Å². The molecule has 1 heterocycles. The number of hydrogen-bond donors (Lipinski definition) is 2. The van der Waals surface area contributed by atoms with Crippen molar-refractivity contribution in [2.75, 3.05) is 26.2 Å². The molecule has 0 spiro atoms. The first kappa shape index (κ1) is 20.7. The number of unbranched alkanes of at least 4 members (excludes halogenated alkanes) is 1. The number of benzene rings is 1. The van der Waals surface area contributed by atoms with Gasteiger partial charge in [-0.2, -0.15) is 0 Å². The van der Waals surface area contributed by atoms with E-state index in [1.165, 1.54) is 11.1 Å². The number of hydrogen-bond acceptors (Lipinski definition) is 2. The number of fused-ring (bicyclic) bond motifs is 1. The zero-order valence-electron chi connectivity index (χ0n) is 14.7. The van der Waals surface area contributed by atoms with E-state index in [0.29, 0.717) is 6.54 Å². The summed E-state index contributed by atoms with van der Waals surface area (Å²) in [6.07, 6.45) is 3.17. The van der Waals surface area contributed by atoms with Crippen LogP contribution in [0.1, 0.15) is 37.8 Å². The molecule has 0 radical (unpaired) electrons. The summed E-state index contributed by atoms with van der Waals surface area (Å²) >= 11 is 0. The van der Waals surface area contributed by atoms with E-state index in [4.69, 9.17) is 0 Å². The lowest BCUT2D eigenvalue weighted by Gasteiger charge is -2.28. The van der Waals surface area contributed by atoms with Gasteiger partial charge < -0.3 is 15.5 Å². The van der Waals surface area contributed by atoms with Crippen molar-refractivity contribution in [1.29, 1.82) is 0 Å². The van der Waals surface area contributed by atoms with Crippen molar-refractivity contribution < 1.29 is 4.79 Å². The third-order valence-corrected chi connectivity index (χ3v) is 4.02. The summed E-state index contributed by atoms with van der Waals surface area (Å²) in [5.41, 5.74) is 2.61. The summed E-state index contributed by atoms with van der Waals surface area (Å²) in [5.74, 6) is 0.818. The van der Waals surface area contributed by atoms with Gasteiger partial charge in [-0.25, -0.2) is 4.99 Å². The summed E-state index contributed by atoms with van der Waals surface area (Å²) < 4.78 is 0. The van der Waals surface area contributed by atoms with E-state index in [-0.39, 0.29) is 36.4 Å². The van der Waals surface area contributed by atoms with Gasteiger partial charge in [0.25, 0.3) is 0 Å². The molecule has 134 valence electrons. The number of guanidine groups is 1. The highest BCUT2D eigenvalue weighted by molar-refractivity contribution is 14.0. The number of rotatable bonds is 6. The fourth-order valence-electron chi connectivity index (χ4n) is 2.68. The van der Waals surface area contributed by atoms with Gasteiger partial charge >= 0.3 is 0 Å². The zero-order chi connectivity index (χ0) is 16.5. The van der Waals surface area contributed by atoms with Crippen molar-refractivity contribution in [3.05, 3.63) is 35.4 Å². The van der Waals surface area contributed by atoms with E-state index in [1.807, 2.05) is 17.9 Å². The van der Waals surface area contributed by atoms with Gasteiger partial charge in [0.1, 0.15) is 6.54 Å². The molecule has 2 rings (SSSR count). The molecule has 0 bridgehead atoms. The molecule has 0 unspecified atom stereocenters. The van der Waals surface area contributed by atoms with Gasteiger partial charge in [0, 0.05) is 26.2 Å². The highest BCUT2D eigenvalue weighted by atomic mass is 127. The predicted octanol–water partition coefficient (Wildman–Crippen LogP) is 2.54. The standard InChI is InChI=1S/C18H28N4O.HI/c1-3-5-11-20-18(19-4-2)21-13-17(23)22-12-10-15-8-6-7-9-16(15)14-22;/h6-9H,3-5,10-14H2,1-2H3,(H2,19,20,21);1H. The molecule has 0 saturated heterocycles. The van der Waals surface area contributed by atoms with E-state index in [2.05, 4.69) is 40.7 Å². The molecule has 1 aliphatic rings. The zero-order valence-corrected chi connectivity index (χ0v) is 17.0. The van der Waals surface area contributed by atoms with Crippen LogP contribution in [0.3, 0.4) is 0 Å². The number of amides is 1. The number of carbonyl (C=O) groups excluding carboxylic acids is 1. The third kappa shape index (κ3) is 6.30. The Morgan fingerprint density at radius 3 is 2.67 bits per heavy atom. The van der Waals surface area contributed by atoms with Crippen molar-refractivity contribution in [3.8, 4) is 0 Å². The molecule has 24 heavy (non-hydrogen) atoms. The molecule has 0 fully saturated rings. The number of carbonyl (C=O) groups is 1. The van der Waals surface area contributed by atoms with E-state index in [9.17, 15) is 4.79 Å². The maximum Gasteiger partial charge on any atom is 0.244 e. The fourth-order valence-corrected chi connectivity index (χ4v) is 2.68. The number of halogens is 1. The molecule has 1 amide bonds. The van der Waals surface area contributed by atoms with Crippen LogP contribution >= 0.6 is 24.0 Å². The first-order valence-electron chi connectivity index (χ1n) is 8.61. The van der Waals surface area contributed by atoms with Gasteiger partial charge in [-0.3, -0.25) is 4.79 Å². The quantitative estimate of drug-likeness (QED) is 0.307. The maximum atomic E-state index is 12.4. The van der Waals surface area contributed by atoms with Crippen LogP contribution in [-0.2, 0) is 17.8 Å². The van der Waals surface area contributed by atoms with Crippen LogP contribution in [0.15, 0.2) is 29.3 Å². The van der Waals surface area contributed by atoms with Crippen molar-refractivity contribution >= 4 is 35.8 Å².